The van der Waals surface area contributed by atoms with Crippen LogP contribution in [0.25, 0.3) is 0 Å². The van der Waals surface area contributed by atoms with Crippen LogP contribution in [0.4, 0.5) is 0 Å². The second-order valence-corrected chi connectivity index (χ2v) is 4.48. The van der Waals surface area contributed by atoms with E-state index in [1.807, 2.05) is 32.0 Å². The quantitative estimate of drug-likeness (QED) is 0.805. The summed E-state index contributed by atoms with van der Waals surface area (Å²) in [5.74, 6) is 0.888. The van der Waals surface area contributed by atoms with E-state index in [1.165, 1.54) is 0 Å². The number of hydrogen-bond donors (Lipinski definition) is 1. The summed E-state index contributed by atoms with van der Waals surface area (Å²) >= 11 is 0. The summed E-state index contributed by atoms with van der Waals surface area (Å²) in [5.41, 5.74) is 1.95. The van der Waals surface area contributed by atoms with Crippen molar-refractivity contribution in [1.29, 1.82) is 0 Å². The van der Waals surface area contributed by atoms with Crippen LogP contribution in [0.1, 0.15) is 25.0 Å². The summed E-state index contributed by atoms with van der Waals surface area (Å²) in [4.78, 5) is 0. The first-order chi connectivity index (χ1) is 7.13. The summed E-state index contributed by atoms with van der Waals surface area (Å²) in [6.07, 6.45) is 0. The summed E-state index contributed by atoms with van der Waals surface area (Å²) in [5, 5.41) is 9.29. The van der Waals surface area contributed by atoms with Crippen LogP contribution in [0.3, 0.4) is 0 Å². The van der Waals surface area contributed by atoms with E-state index in [1.54, 1.807) is 0 Å². The minimum Gasteiger partial charge on any atom is -0.467 e. The number of rotatable bonds is 2. The van der Waals surface area contributed by atoms with Gasteiger partial charge in [-0.1, -0.05) is 19.9 Å². The Morgan fingerprint density at radius 2 is 2.20 bits per heavy atom. The molecule has 3 nitrogen and oxygen atoms in total. The molecule has 3 heteroatoms. The highest BCUT2D eigenvalue weighted by Gasteiger charge is 2.21. The van der Waals surface area contributed by atoms with Gasteiger partial charge >= 0.3 is 0 Å². The van der Waals surface area contributed by atoms with E-state index in [-0.39, 0.29) is 12.0 Å². The molecule has 2 rings (SSSR count). The molecule has 0 bridgehead atoms. The summed E-state index contributed by atoms with van der Waals surface area (Å²) in [7, 11) is 0. The largest absolute Gasteiger partial charge is 0.467 e. The molecule has 15 heavy (non-hydrogen) atoms. The lowest BCUT2D eigenvalue weighted by Gasteiger charge is -2.25. The van der Waals surface area contributed by atoms with Crippen molar-refractivity contribution in [2.24, 2.45) is 0 Å². The van der Waals surface area contributed by atoms with Gasteiger partial charge in [-0.15, -0.1) is 0 Å². The molecule has 0 fully saturated rings. The van der Waals surface area contributed by atoms with Gasteiger partial charge in [0, 0.05) is 11.0 Å². The van der Waals surface area contributed by atoms with E-state index in [0.29, 0.717) is 13.4 Å². The Labute approximate surface area is 89.6 Å². The van der Waals surface area contributed by atoms with Crippen molar-refractivity contribution in [2.45, 2.75) is 25.9 Å². The topological polar surface area (TPSA) is 38.7 Å². The third-order valence-electron chi connectivity index (χ3n) is 2.79. The second kappa shape index (κ2) is 3.83. The van der Waals surface area contributed by atoms with Gasteiger partial charge in [0.05, 0.1) is 13.2 Å². The monoisotopic (exact) mass is 208 g/mol. The molecule has 0 spiro atoms. The van der Waals surface area contributed by atoms with Gasteiger partial charge in [-0.3, -0.25) is 0 Å². The van der Waals surface area contributed by atoms with Gasteiger partial charge in [0.1, 0.15) is 5.75 Å². The average Bonchev–Trinajstić information content (AvgIpc) is 2.28. The van der Waals surface area contributed by atoms with Crippen molar-refractivity contribution in [3.8, 4) is 5.75 Å². The highest BCUT2D eigenvalue weighted by Crippen LogP contribution is 2.30. The third kappa shape index (κ3) is 1.98. The molecule has 0 aliphatic carbocycles. The van der Waals surface area contributed by atoms with Crippen LogP contribution in [0.2, 0.25) is 0 Å². The zero-order chi connectivity index (χ0) is 10.9. The fraction of sp³-hybridized carbons (Fsp3) is 0.500. The highest BCUT2D eigenvalue weighted by molar-refractivity contribution is 5.40. The van der Waals surface area contributed by atoms with Gasteiger partial charge < -0.3 is 14.6 Å². The van der Waals surface area contributed by atoms with E-state index in [2.05, 4.69) is 0 Å². The SMILES string of the molecule is CC(C)(CO)c1ccc2c(c1)COCO2. The fourth-order valence-electron chi connectivity index (χ4n) is 1.60. The third-order valence-corrected chi connectivity index (χ3v) is 2.79. The van der Waals surface area contributed by atoms with Crippen molar-refractivity contribution >= 4 is 0 Å². The Kier molecular flexibility index (Phi) is 2.67. The number of aliphatic hydroxyl groups is 1. The van der Waals surface area contributed by atoms with Crippen LogP contribution in [0, 0.1) is 0 Å². The molecule has 0 amide bonds. The molecule has 0 unspecified atom stereocenters. The standard InChI is InChI=1S/C12H16O3/c1-12(2,7-13)10-3-4-11-9(5-10)6-14-8-15-11/h3-5,13H,6-8H2,1-2H3. The number of fused-ring (bicyclic) bond motifs is 1. The lowest BCUT2D eigenvalue weighted by atomic mass is 9.84. The lowest BCUT2D eigenvalue weighted by molar-refractivity contribution is -0.0164. The van der Waals surface area contributed by atoms with Crippen LogP contribution in [-0.4, -0.2) is 18.5 Å². The number of ether oxygens (including phenoxy) is 2. The predicted molar refractivity (Wildman–Crippen MR) is 56.8 cm³/mol. The zero-order valence-electron chi connectivity index (χ0n) is 9.12. The number of aliphatic hydroxyl groups excluding tert-OH is 1. The average molecular weight is 208 g/mol. The Balaban J connectivity index is 2.36. The van der Waals surface area contributed by atoms with E-state index in [4.69, 9.17) is 9.47 Å². The van der Waals surface area contributed by atoms with Gasteiger partial charge in [-0.2, -0.15) is 0 Å². The van der Waals surface area contributed by atoms with E-state index < -0.39 is 0 Å². The molecule has 0 atom stereocenters. The fourth-order valence-corrected chi connectivity index (χ4v) is 1.60. The Morgan fingerprint density at radius 1 is 1.40 bits per heavy atom. The first-order valence-corrected chi connectivity index (χ1v) is 5.08. The Hall–Kier alpha value is -1.06. The molecule has 1 aromatic carbocycles. The first-order valence-electron chi connectivity index (χ1n) is 5.08. The predicted octanol–water partition coefficient (Wildman–Crippen LogP) is 1.82. The zero-order valence-corrected chi connectivity index (χ0v) is 9.12. The maximum Gasteiger partial charge on any atom is 0.189 e. The van der Waals surface area contributed by atoms with Crippen molar-refractivity contribution in [2.75, 3.05) is 13.4 Å². The minimum absolute atomic E-state index is 0.132. The first kappa shape index (κ1) is 10.5. The minimum atomic E-state index is -0.216. The van der Waals surface area contributed by atoms with Gasteiger partial charge in [-0.25, -0.2) is 0 Å². The van der Waals surface area contributed by atoms with Crippen LogP contribution >= 0.6 is 0 Å². The van der Waals surface area contributed by atoms with Crippen molar-refractivity contribution in [1.82, 2.24) is 0 Å². The molecule has 1 aliphatic rings. The van der Waals surface area contributed by atoms with Crippen LogP contribution in [-0.2, 0) is 16.8 Å². The summed E-state index contributed by atoms with van der Waals surface area (Å²) in [6.45, 7) is 5.08. The molecular formula is C12H16O3. The highest BCUT2D eigenvalue weighted by atomic mass is 16.7. The molecular weight excluding hydrogens is 192 g/mol. The van der Waals surface area contributed by atoms with Crippen LogP contribution < -0.4 is 4.74 Å². The lowest BCUT2D eigenvalue weighted by Crippen LogP contribution is -2.23. The molecule has 1 aliphatic heterocycles. The molecule has 82 valence electrons. The summed E-state index contributed by atoms with van der Waals surface area (Å²) in [6, 6.07) is 6.00. The molecule has 0 radical (unpaired) electrons. The maximum absolute atomic E-state index is 9.29. The van der Waals surface area contributed by atoms with E-state index in [9.17, 15) is 5.11 Å². The van der Waals surface area contributed by atoms with Crippen LogP contribution in [0.15, 0.2) is 18.2 Å². The van der Waals surface area contributed by atoms with Gasteiger partial charge in [0.25, 0.3) is 0 Å². The maximum atomic E-state index is 9.29. The molecule has 0 saturated carbocycles. The van der Waals surface area contributed by atoms with E-state index >= 15 is 0 Å². The molecule has 0 aromatic heterocycles. The smallest absolute Gasteiger partial charge is 0.189 e. The van der Waals surface area contributed by atoms with Crippen molar-refractivity contribution in [3.63, 3.8) is 0 Å². The molecule has 1 aromatic rings. The van der Waals surface area contributed by atoms with E-state index in [0.717, 1.165) is 16.9 Å². The number of hydrogen-bond acceptors (Lipinski definition) is 3. The summed E-state index contributed by atoms with van der Waals surface area (Å²) < 4.78 is 10.6. The van der Waals surface area contributed by atoms with Crippen molar-refractivity contribution < 1.29 is 14.6 Å². The van der Waals surface area contributed by atoms with Crippen molar-refractivity contribution in [3.05, 3.63) is 29.3 Å². The molecule has 1 heterocycles. The molecule has 0 saturated heterocycles. The van der Waals surface area contributed by atoms with Gasteiger partial charge in [0.15, 0.2) is 6.79 Å². The van der Waals surface area contributed by atoms with Crippen LogP contribution in [0.5, 0.6) is 5.75 Å². The van der Waals surface area contributed by atoms with Gasteiger partial charge in [0.2, 0.25) is 0 Å². The Bertz CT molecular complexity index is 358. The van der Waals surface area contributed by atoms with Gasteiger partial charge in [-0.05, 0) is 17.7 Å². The normalized spacial score (nSPS) is 15.7. The second-order valence-electron chi connectivity index (χ2n) is 4.48. The number of benzene rings is 1. The molecule has 1 N–H and O–H groups in total. The Morgan fingerprint density at radius 3 is 2.93 bits per heavy atom.